The lowest BCUT2D eigenvalue weighted by atomic mass is 10.0. The van der Waals surface area contributed by atoms with Gasteiger partial charge in [-0.1, -0.05) is 42.5 Å². The maximum atomic E-state index is 13.7. The highest BCUT2D eigenvalue weighted by Crippen LogP contribution is 2.26. The molecule has 0 N–H and O–H groups in total. The van der Waals surface area contributed by atoms with Crippen molar-refractivity contribution >= 4 is 34.0 Å². The molecule has 0 saturated heterocycles. The predicted octanol–water partition coefficient (Wildman–Crippen LogP) is 5.90. The van der Waals surface area contributed by atoms with E-state index in [0.29, 0.717) is 38.4 Å². The zero-order valence-electron chi connectivity index (χ0n) is 15.3. The van der Waals surface area contributed by atoms with Gasteiger partial charge in [0.25, 0.3) is 5.56 Å². The number of allylic oxidation sites excluding steroid dienone is 2. The van der Waals surface area contributed by atoms with Crippen molar-refractivity contribution < 1.29 is 4.39 Å². The molecule has 142 valence electrons. The van der Waals surface area contributed by atoms with Crippen LogP contribution in [-0.4, -0.2) is 9.55 Å². The van der Waals surface area contributed by atoms with Gasteiger partial charge in [-0.2, -0.15) is 0 Å². The van der Waals surface area contributed by atoms with Crippen LogP contribution in [0.3, 0.4) is 0 Å². The van der Waals surface area contributed by atoms with E-state index in [0.717, 1.165) is 0 Å². The van der Waals surface area contributed by atoms with Crippen LogP contribution in [0.4, 0.5) is 4.39 Å². The van der Waals surface area contributed by atoms with Crippen molar-refractivity contribution in [3.8, 4) is 5.82 Å². The van der Waals surface area contributed by atoms with Crippen molar-refractivity contribution in [3.63, 3.8) is 0 Å². The molecule has 0 unspecified atom stereocenters. The molecule has 3 nitrogen and oxygen atoms in total. The molecule has 2 aromatic carbocycles. The van der Waals surface area contributed by atoms with E-state index >= 15 is 0 Å². The van der Waals surface area contributed by atoms with Crippen LogP contribution in [0.5, 0.6) is 0 Å². The van der Waals surface area contributed by atoms with Crippen molar-refractivity contribution in [2.24, 2.45) is 0 Å². The first-order valence-corrected chi connectivity index (χ1v) is 9.31. The summed E-state index contributed by atoms with van der Waals surface area (Å²) < 4.78 is 15.2. The molecule has 4 aromatic rings. The van der Waals surface area contributed by atoms with Crippen LogP contribution < -0.4 is 5.56 Å². The largest absolute Gasteiger partial charge is 0.268 e. The van der Waals surface area contributed by atoms with E-state index in [4.69, 9.17) is 11.6 Å². The zero-order chi connectivity index (χ0) is 20.4. The van der Waals surface area contributed by atoms with E-state index < -0.39 is 0 Å². The molecule has 0 atom stereocenters. The molecule has 0 radical (unpaired) electrons. The van der Waals surface area contributed by atoms with Crippen LogP contribution in [-0.2, 0) is 0 Å². The fraction of sp³-hybridized carbons (Fsp3) is 0. The van der Waals surface area contributed by atoms with Crippen LogP contribution in [0.1, 0.15) is 11.3 Å². The second-order valence-corrected chi connectivity index (χ2v) is 6.88. The van der Waals surface area contributed by atoms with E-state index in [2.05, 4.69) is 11.6 Å². The minimum absolute atomic E-state index is 0.222. The summed E-state index contributed by atoms with van der Waals surface area (Å²) in [6.45, 7) is 3.89. The van der Waals surface area contributed by atoms with E-state index in [9.17, 15) is 9.18 Å². The number of halogens is 2. The summed E-state index contributed by atoms with van der Waals surface area (Å²) in [4.78, 5) is 17.7. The van der Waals surface area contributed by atoms with Gasteiger partial charge in [0.1, 0.15) is 11.6 Å². The number of pyridine rings is 2. The average Bonchev–Trinajstić information content (AvgIpc) is 2.72. The molecular formula is C24H16ClFN2O. The Balaban J connectivity index is 2.06. The zero-order valence-corrected chi connectivity index (χ0v) is 16.1. The number of nitrogens with zero attached hydrogens (tertiary/aromatic N) is 2. The van der Waals surface area contributed by atoms with Gasteiger partial charge in [0.05, 0.1) is 5.69 Å². The number of benzene rings is 2. The summed E-state index contributed by atoms with van der Waals surface area (Å²) in [5.41, 5.74) is 1.67. The molecule has 0 fully saturated rings. The summed E-state index contributed by atoms with van der Waals surface area (Å²) in [6, 6.07) is 18.6. The Morgan fingerprint density at radius 1 is 1.07 bits per heavy atom. The second-order valence-electron chi connectivity index (χ2n) is 6.45. The van der Waals surface area contributed by atoms with Crippen molar-refractivity contribution in [2.75, 3.05) is 0 Å². The molecule has 0 spiro atoms. The third-order valence-corrected chi connectivity index (χ3v) is 4.78. The molecule has 0 saturated carbocycles. The summed E-state index contributed by atoms with van der Waals surface area (Å²) in [7, 11) is 0. The molecule has 4 rings (SSSR count). The van der Waals surface area contributed by atoms with Crippen molar-refractivity contribution in [1.82, 2.24) is 9.55 Å². The predicted molar refractivity (Wildman–Crippen MR) is 117 cm³/mol. The van der Waals surface area contributed by atoms with Crippen LogP contribution in [0, 0.1) is 5.82 Å². The fourth-order valence-electron chi connectivity index (χ4n) is 3.23. The smallest absolute Gasteiger partial charge is 0.264 e. The van der Waals surface area contributed by atoms with Gasteiger partial charge in [0, 0.05) is 16.6 Å². The topological polar surface area (TPSA) is 34.9 Å². The minimum atomic E-state index is -0.338. The Kier molecular flexibility index (Phi) is 5.10. The van der Waals surface area contributed by atoms with E-state index in [-0.39, 0.29) is 11.4 Å². The second kappa shape index (κ2) is 7.86. The number of fused-ring (bicyclic) bond motifs is 1. The molecule has 5 heteroatoms. The first-order chi connectivity index (χ1) is 14.1. The number of hydrogen-bond acceptors (Lipinski definition) is 2. The van der Waals surface area contributed by atoms with Crippen LogP contribution in [0.15, 0.2) is 90.4 Å². The van der Waals surface area contributed by atoms with E-state index in [1.54, 1.807) is 60.8 Å². The summed E-state index contributed by atoms with van der Waals surface area (Å²) in [6.07, 6.45) is 5.04. The maximum absolute atomic E-state index is 13.7. The molecule has 0 aliphatic carbocycles. The van der Waals surface area contributed by atoms with Crippen molar-refractivity contribution in [1.29, 1.82) is 0 Å². The van der Waals surface area contributed by atoms with Gasteiger partial charge in [-0.05, 0) is 71.1 Å². The molecule has 0 aliphatic rings. The van der Waals surface area contributed by atoms with Crippen molar-refractivity contribution in [2.45, 2.75) is 0 Å². The Morgan fingerprint density at radius 3 is 2.66 bits per heavy atom. The average molecular weight is 403 g/mol. The molecule has 29 heavy (non-hydrogen) atoms. The number of rotatable bonds is 4. The fourth-order valence-corrected chi connectivity index (χ4v) is 3.41. The molecule has 0 amide bonds. The Hall–Kier alpha value is -3.50. The Labute approximate surface area is 172 Å². The Morgan fingerprint density at radius 2 is 1.93 bits per heavy atom. The molecule has 2 heterocycles. The quantitative estimate of drug-likeness (QED) is 0.398. The lowest BCUT2D eigenvalue weighted by Crippen LogP contribution is -2.22. The lowest BCUT2D eigenvalue weighted by Gasteiger charge is -2.15. The Bertz CT molecular complexity index is 1310. The molecule has 0 bridgehead atoms. The number of hydrogen-bond donors (Lipinski definition) is 0. The van der Waals surface area contributed by atoms with E-state index in [1.807, 2.05) is 12.1 Å². The summed E-state index contributed by atoms with van der Waals surface area (Å²) in [5, 5.41) is 1.77. The van der Waals surface area contributed by atoms with Gasteiger partial charge >= 0.3 is 0 Å². The SMILES string of the molecule is C=CC(=Cc1cccc(F)c1)c1cc2cc(Cl)ccc2c(=O)n1-c1ccccn1. The van der Waals surface area contributed by atoms with Crippen LogP contribution in [0.25, 0.3) is 28.2 Å². The third kappa shape index (κ3) is 3.75. The van der Waals surface area contributed by atoms with Gasteiger partial charge in [-0.15, -0.1) is 0 Å². The van der Waals surface area contributed by atoms with Gasteiger partial charge in [0.2, 0.25) is 0 Å². The monoisotopic (exact) mass is 402 g/mol. The highest BCUT2D eigenvalue weighted by molar-refractivity contribution is 6.31. The first-order valence-electron chi connectivity index (χ1n) is 8.93. The minimum Gasteiger partial charge on any atom is -0.268 e. The number of aromatic nitrogens is 2. The van der Waals surface area contributed by atoms with E-state index in [1.165, 1.54) is 16.7 Å². The van der Waals surface area contributed by atoms with Crippen LogP contribution >= 0.6 is 11.6 Å². The summed E-state index contributed by atoms with van der Waals surface area (Å²) in [5.74, 6) is 0.144. The highest BCUT2D eigenvalue weighted by Gasteiger charge is 2.14. The van der Waals surface area contributed by atoms with Gasteiger partial charge in [0.15, 0.2) is 0 Å². The molecule has 2 aromatic heterocycles. The normalized spacial score (nSPS) is 11.6. The molecule has 0 aliphatic heterocycles. The van der Waals surface area contributed by atoms with Crippen molar-refractivity contribution in [3.05, 3.63) is 118 Å². The summed E-state index contributed by atoms with van der Waals surface area (Å²) >= 11 is 6.14. The third-order valence-electron chi connectivity index (χ3n) is 4.55. The van der Waals surface area contributed by atoms with Gasteiger partial charge in [-0.25, -0.2) is 9.37 Å². The van der Waals surface area contributed by atoms with Crippen LogP contribution in [0.2, 0.25) is 5.02 Å². The highest BCUT2D eigenvalue weighted by atomic mass is 35.5. The van der Waals surface area contributed by atoms with Gasteiger partial charge < -0.3 is 0 Å². The molecular weight excluding hydrogens is 387 g/mol. The van der Waals surface area contributed by atoms with Gasteiger partial charge in [-0.3, -0.25) is 9.36 Å². The lowest BCUT2D eigenvalue weighted by molar-refractivity contribution is 0.627. The first kappa shape index (κ1) is 18.8. The maximum Gasteiger partial charge on any atom is 0.264 e. The standard InChI is InChI=1S/C24H16ClFN2O/c1-2-17(12-16-6-5-7-20(26)13-16)22-15-18-14-19(25)9-10-21(18)24(29)28(22)23-8-3-4-11-27-23/h2-15H,1H2.